The predicted octanol–water partition coefficient (Wildman–Crippen LogP) is 2.74. The Balaban J connectivity index is 1.72. The molecule has 1 saturated heterocycles. The first-order chi connectivity index (χ1) is 9.72. The largest absolute Gasteiger partial charge is 0.338 e. The maximum atomic E-state index is 13.3. The van der Waals surface area contributed by atoms with Gasteiger partial charge < -0.3 is 4.90 Å². The van der Waals surface area contributed by atoms with Crippen molar-refractivity contribution in [3.8, 4) is 0 Å². The van der Waals surface area contributed by atoms with Gasteiger partial charge in [0.15, 0.2) is 0 Å². The van der Waals surface area contributed by atoms with Crippen LogP contribution in [-0.4, -0.2) is 22.3 Å². The fourth-order valence-corrected chi connectivity index (χ4v) is 2.62. The van der Waals surface area contributed by atoms with E-state index in [2.05, 4.69) is 4.98 Å². The molecule has 0 N–H and O–H groups in total. The lowest BCUT2D eigenvalue weighted by Crippen LogP contribution is -2.24. The Bertz CT molecular complexity index is 615. The number of benzene rings is 1. The molecule has 102 valence electrons. The summed E-state index contributed by atoms with van der Waals surface area (Å²) in [6, 6.07) is 10.3. The Morgan fingerprint density at radius 3 is 2.95 bits per heavy atom. The van der Waals surface area contributed by atoms with Crippen LogP contribution in [0, 0.1) is 5.82 Å². The molecule has 1 aliphatic rings. The standard InChI is InChI=1S/C16H15FN2O/c17-15-5-1-4-13(7-15)14-8-16(20)19(11-14)10-12-3-2-6-18-9-12/h1-7,9,14H,8,10-11H2. The third-order valence-corrected chi connectivity index (χ3v) is 3.63. The van der Waals surface area contributed by atoms with E-state index in [0.717, 1.165) is 11.1 Å². The number of rotatable bonds is 3. The van der Waals surface area contributed by atoms with Gasteiger partial charge in [0.25, 0.3) is 0 Å². The number of aromatic nitrogens is 1. The molecule has 3 nitrogen and oxygen atoms in total. The van der Waals surface area contributed by atoms with Gasteiger partial charge >= 0.3 is 0 Å². The van der Waals surface area contributed by atoms with Crippen LogP contribution >= 0.6 is 0 Å². The van der Waals surface area contributed by atoms with Crippen molar-refractivity contribution in [1.82, 2.24) is 9.88 Å². The summed E-state index contributed by atoms with van der Waals surface area (Å²) in [5.41, 5.74) is 1.91. The minimum Gasteiger partial charge on any atom is -0.338 e. The van der Waals surface area contributed by atoms with Gasteiger partial charge in [0.05, 0.1) is 0 Å². The fourth-order valence-electron chi connectivity index (χ4n) is 2.62. The van der Waals surface area contributed by atoms with Gasteiger partial charge in [-0.3, -0.25) is 9.78 Å². The lowest BCUT2D eigenvalue weighted by Gasteiger charge is -2.16. The number of likely N-dealkylation sites (tertiary alicyclic amines) is 1. The van der Waals surface area contributed by atoms with Crippen LogP contribution in [0.4, 0.5) is 4.39 Å². The van der Waals surface area contributed by atoms with Crippen molar-refractivity contribution in [3.63, 3.8) is 0 Å². The molecule has 1 aromatic carbocycles. The van der Waals surface area contributed by atoms with Gasteiger partial charge in [0.1, 0.15) is 5.82 Å². The summed E-state index contributed by atoms with van der Waals surface area (Å²) in [7, 11) is 0. The quantitative estimate of drug-likeness (QED) is 0.859. The SMILES string of the molecule is O=C1CC(c2cccc(F)c2)CN1Cc1cccnc1. The van der Waals surface area contributed by atoms with Crippen molar-refractivity contribution in [2.24, 2.45) is 0 Å². The molecule has 1 aromatic heterocycles. The average molecular weight is 270 g/mol. The molecule has 1 unspecified atom stereocenters. The zero-order chi connectivity index (χ0) is 13.9. The molecule has 0 saturated carbocycles. The molecule has 0 radical (unpaired) electrons. The molecule has 1 aliphatic heterocycles. The normalized spacial score (nSPS) is 18.6. The first-order valence-corrected chi connectivity index (χ1v) is 6.64. The summed E-state index contributed by atoms with van der Waals surface area (Å²) < 4.78 is 13.3. The van der Waals surface area contributed by atoms with Crippen LogP contribution in [0.25, 0.3) is 0 Å². The van der Waals surface area contributed by atoms with E-state index in [4.69, 9.17) is 0 Å². The van der Waals surface area contributed by atoms with E-state index in [0.29, 0.717) is 19.5 Å². The third kappa shape index (κ3) is 2.69. The molecule has 1 amide bonds. The van der Waals surface area contributed by atoms with E-state index in [1.165, 1.54) is 12.1 Å². The summed E-state index contributed by atoms with van der Waals surface area (Å²) in [5, 5.41) is 0. The molecule has 0 spiro atoms. The second-order valence-electron chi connectivity index (χ2n) is 5.09. The van der Waals surface area contributed by atoms with E-state index in [1.54, 1.807) is 18.5 Å². The maximum absolute atomic E-state index is 13.3. The van der Waals surface area contributed by atoms with Crippen LogP contribution in [-0.2, 0) is 11.3 Å². The highest BCUT2D eigenvalue weighted by Crippen LogP contribution is 2.29. The minimum atomic E-state index is -0.249. The van der Waals surface area contributed by atoms with Gasteiger partial charge in [-0.2, -0.15) is 0 Å². The average Bonchev–Trinajstić information content (AvgIpc) is 2.81. The molecule has 2 aromatic rings. The van der Waals surface area contributed by atoms with Crippen LogP contribution < -0.4 is 0 Å². The number of amides is 1. The van der Waals surface area contributed by atoms with Crippen LogP contribution in [0.3, 0.4) is 0 Å². The molecule has 0 aliphatic carbocycles. The number of pyridine rings is 1. The molecule has 2 heterocycles. The van der Waals surface area contributed by atoms with Crippen LogP contribution in [0.1, 0.15) is 23.5 Å². The minimum absolute atomic E-state index is 0.0786. The lowest BCUT2D eigenvalue weighted by atomic mass is 9.98. The zero-order valence-corrected chi connectivity index (χ0v) is 11.0. The van der Waals surface area contributed by atoms with E-state index in [9.17, 15) is 9.18 Å². The topological polar surface area (TPSA) is 33.2 Å². The molecular weight excluding hydrogens is 255 g/mol. The van der Waals surface area contributed by atoms with Crippen molar-refractivity contribution >= 4 is 5.91 Å². The number of nitrogens with zero attached hydrogens (tertiary/aromatic N) is 2. The van der Waals surface area contributed by atoms with Gasteiger partial charge in [0, 0.05) is 37.8 Å². The molecule has 1 atom stereocenters. The van der Waals surface area contributed by atoms with Crippen molar-refractivity contribution in [3.05, 3.63) is 65.7 Å². The van der Waals surface area contributed by atoms with Gasteiger partial charge in [0.2, 0.25) is 5.91 Å². The first-order valence-electron chi connectivity index (χ1n) is 6.64. The van der Waals surface area contributed by atoms with Crippen LogP contribution in [0.2, 0.25) is 0 Å². The number of hydrogen-bond donors (Lipinski definition) is 0. The van der Waals surface area contributed by atoms with Crippen LogP contribution in [0.5, 0.6) is 0 Å². The summed E-state index contributed by atoms with van der Waals surface area (Å²) in [4.78, 5) is 17.9. The van der Waals surface area contributed by atoms with E-state index in [1.807, 2.05) is 23.1 Å². The third-order valence-electron chi connectivity index (χ3n) is 3.63. The number of carbonyl (C=O) groups is 1. The van der Waals surface area contributed by atoms with Crippen molar-refractivity contribution in [2.75, 3.05) is 6.54 Å². The number of hydrogen-bond acceptors (Lipinski definition) is 2. The lowest BCUT2D eigenvalue weighted by molar-refractivity contribution is -0.128. The second-order valence-corrected chi connectivity index (χ2v) is 5.09. The van der Waals surface area contributed by atoms with Crippen molar-refractivity contribution in [2.45, 2.75) is 18.9 Å². The molecule has 3 rings (SSSR count). The highest BCUT2D eigenvalue weighted by molar-refractivity contribution is 5.79. The maximum Gasteiger partial charge on any atom is 0.223 e. The Morgan fingerprint density at radius 1 is 1.30 bits per heavy atom. The van der Waals surface area contributed by atoms with E-state index in [-0.39, 0.29) is 17.6 Å². The molecular formula is C16H15FN2O. The monoisotopic (exact) mass is 270 g/mol. The molecule has 20 heavy (non-hydrogen) atoms. The van der Waals surface area contributed by atoms with Crippen molar-refractivity contribution in [1.29, 1.82) is 0 Å². The van der Waals surface area contributed by atoms with Crippen molar-refractivity contribution < 1.29 is 9.18 Å². The van der Waals surface area contributed by atoms with Gasteiger partial charge in [-0.05, 0) is 29.3 Å². The van der Waals surface area contributed by atoms with Gasteiger partial charge in [-0.1, -0.05) is 18.2 Å². The summed E-state index contributed by atoms with van der Waals surface area (Å²) in [5.74, 6) is -0.0568. The summed E-state index contributed by atoms with van der Waals surface area (Å²) >= 11 is 0. The Morgan fingerprint density at radius 2 is 2.20 bits per heavy atom. The Labute approximate surface area is 117 Å². The van der Waals surface area contributed by atoms with Crippen LogP contribution in [0.15, 0.2) is 48.8 Å². The van der Waals surface area contributed by atoms with E-state index >= 15 is 0 Å². The fraction of sp³-hybridized carbons (Fsp3) is 0.250. The molecule has 4 heteroatoms. The molecule has 0 bridgehead atoms. The summed E-state index contributed by atoms with van der Waals surface area (Å²) in [6.07, 6.45) is 3.93. The Hall–Kier alpha value is -2.23. The smallest absolute Gasteiger partial charge is 0.223 e. The second kappa shape index (κ2) is 5.41. The van der Waals surface area contributed by atoms with Gasteiger partial charge in [-0.15, -0.1) is 0 Å². The predicted molar refractivity (Wildman–Crippen MR) is 73.4 cm³/mol. The number of halogens is 1. The van der Waals surface area contributed by atoms with E-state index < -0.39 is 0 Å². The summed E-state index contributed by atoms with van der Waals surface area (Å²) in [6.45, 7) is 1.20. The first kappa shape index (κ1) is 12.8. The number of carbonyl (C=O) groups excluding carboxylic acids is 1. The molecule has 1 fully saturated rings. The Kier molecular flexibility index (Phi) is 3.46. The zero-order valence-electron chi connectivity index (χ0n) is 11.0. The van der Waals surface area contributed by atoms with Gasteiger partial charge in [-0.25, -0.2) is 4.39 Å². The highest BCUT2D eigenvalue weighted by atomic mass is 19.1. The highest BCUT2D eigenvalue weighted by Gasteiger charge is 2.30.